The van der Waals surface area contributed by atoms with Gasteiger partial charge < -0.3 is 19.7 Å². The van der Waals surface area contributed by atoms with Crippen molar-refractivity contribution in [3.05, 3.63) is 19.7 Å². The van der Waals surface area contributed by atoms with E-state index in [1.165, 1.54) is 0 Å². The van der Waals surface area contributed by atoms with Gasteiger partial charge in [-0.05, 0) is 0 Å². The zero-order chi connectivity index (χ0) is 0. The monoisotopic (exact) mass is 144 g/mol. The van der Waals surface area contributed by atoms with Crippen molar-refractivity contribution in [3.8, 4) is 0 Å². The molecule has 0 aliphatic heterocycles. The van der Waals surface area contributed by atoms with E-state index in [0.29, 0.717) is 0 Å². The van der Waals surface area contributed by atoms with Crippen LogP contribution in [-0.2, 0) is 17.1 Å². The minimum Gasteiger partial charge on any atom is -0.693 e. The van der Waals surface area contributed by atoms with Crippen molar-refractivity contribution in [2.45, 2.75) is 0 Å². The third-order valence-corrected chi connectivity index (χ3v) is 0. The molecule has 0 spiro atoms. The molecule has 0 aliphatic carbocycles. The Kier molecular flexibility index (Phi) is 3550. The number of hydrogen-bond donors (Lipinski definition) is 0. The number of nitrogens with two attached hydrogens (primary N) is 2. The van der Waals surface area contributed by atoms with Crippen molar-refractivity contribution in [1.82, 2.24) is 0 Å². The molecule has 1 radical (unpaired) electrons. The Morgan fingerprint density at radius 3 is 0.800 bits per heavy atom. The normalized spacial score (nSPS) is 0. The molecule has 0 aromatic rings. The Bertz CT molecular complexity index is 9.61. The van der Waals surface area contributed by atoms with E-state index in [2.05, 4.69) is 0 Å². The van der Waals surface area contributed by atoms with Crippen LogP contribution in [0.1, 0.15) is 0 Å². The first-order chi connectivity index (χ1) is 0. The smallest absolute Gasteiger partial charge is 0 e. The molecule has 0 rings (SSSR count). The van der Waals surface area contributed by atoms with Gasteiger partial charge in [0.15, 0.2) is 0 Å². The summed E-state index contributed by atoms with van der Waals surface area (Å²) in [5.74, 6) is 0. The Morgan fingerprint density at radius 2 is 0.800 bits per heavy atom. The van der Waals surface area contributed by atoms with Crippen LogP contribution in [0.4, 0.5) is 0 Å². The van der Waals surface area contributed by atoms with Gasteiger partial charge in [-0.25, -0.2) is 0 Å². The van der Waals surface area contributed by atoms with E-state index in [1.54, 1.807) is 0 Å². The van der Waals surface area contributed by atoms with Gasteiger partial charge in [0.2, 0.25) is 0 Å². The molecule has 0 aromatic heterocycles. The second-order valence-electron chi connectivity index (χ2n) is 0. The quantitative estimate of drug-likeness (QED) is 0.283. The minimum absolute atomic E-state index is 0. The van der Waals surface area contributed by atoms with Crippen LogP contribution < -0.4 is 0 Å². The van der Waals surface area contributed by atoms with Crippen LogP contribution in [0.25, 0.3) is 12.3 Å². The number of rotatable bonds is 0. The van der Waals surface area contributed by atoms with Gasteiger partial charge >= 0.3 is 0 Å². The van der Waals surface area contributed by atoms with E-state index >= 15 is 0 Å². The molecular weight excluding hydrogens is 135 g/mol. The molecule has 0 aromatic carbocycles. The average Bonchev–Trinajstić information content (AvgIpc) is 0. The Labute approximate surface area is 47.4 Å². The maximum atomic E-state index is 0. The van der Waals surface area contributed by atoms with E-state index in [9.17, 15) is 0 Å². The maximum Gasteiger partial charge on any atom is 0 e. The van der Waals surface area contributed by atoms with E-state index in [4.69, 9.17) is 0 Å². The van der Waals surface area contributed by atoms with Gasteiger partial charge in [-0.15, -0.1) is 0 Å². The minimum atomic E-state index is 0. The first-order valence-electron chi connectivity index (χ1n) is 0. The third kappa shape index (κ3) is 53.0. The summed E-state index contributed by atoms with van der Waals surface area (Å²) in [6.45, 7) is 0. The predicted molar refractivity (Wildman–Crippen MR) is 28.1 cm³/mol. The summed E-state index contributed by atoms with van der Waals surface area (Å²) in [5.41, 5.74) is 0. The standard InChI is InChI=1S/CH3.Cu.2H2N.H3P/h1H3;;2*1H2;1H3/q-1;;2*-1;. The van der Waals surface area contributed by atoms with Gasteiger partial charge in [0.25, 0.3) is 0 Å². The summed E-state index contributed by atoms with van der Waals surface area (Å²) >= 11 is 0. The molecule has 0 fully saturated rings. The van der Waals surface area contributed by atoms with Crippen molar-refractivity contribution < 1.29 is 17.1 Å². The zero-order valence-corrected chi connectivity index (χ0v) is 5.52. The summed E-state index contributed by atoms with van der Waals surface area (Å²) in [6.07, 6.45) is 0. The van der Waals surface area contributed by atoms with Crippen molar-refractivity contribution in [1.29, 1.82) is 0 Å². The molecular formula is CH10CuN2P-3. The van der Waals surface area contributed by atoms with Crippen molar-refractivity contribution in [2.75, 3.05) is 0 Å². The van der Waals surface area contributed by atoms with Crippen molar-refractivity contribution >= 4 is 9.90 Å². The van der Waals surface area contributed by atoms with Gasteiger partial charge in [0, 0.05) is 17.1 Å². The zero-order valence-electron chi connectivity index (χ0n) is 3.16. The van der Waals surface area contributed by atoms with Gasteiger partial charge in [-0.2, -0.15) is 9.90 Å². The van der Waals surface area contributed by atoms with Crippen molar-refractivity contribution in [2.24, 2.45) is 0 Å². The van der Waals surface area contributed by atoms with Gasteiger partial charge in [-0.3, -0.25) is 0 Å². The summed E-state index contributed by atoms with van der Waals surface area (Å²) in [7, 11) is 0. The molecule has 1 atom stereocenters. The summed E-state index contributed by atoms with van der Waals surface area (Å²) < 4.78 is 0. The summed E-state index contributed by atoms with van der Waals surface area (Å²) in [6, 6.07) is 0. The third-order valence-electron chi connectivity index (χ3n) is 0. The van der Waals surface area contributed by atoms with E-state index in [0.717, 1.165) is 0 Å². The summed E-state index contributed by atoms with van der Waals surface area (Å²) in [4.78, 5) is 0. The molecule has 0 heterocycles. The average molecular weight is 145 g/mol. The molecule has 0 amide bonds. The van der Waals surface area contributed by atoms with Gasteiger partial charge in [0.05, 0.1) is 0 Å². The van der Waals surface area contributed by atoms with Crippen LogP contribution in [0, 0.1) is 7.43 Å². The first kappa shape index (κ1) is 184. The Balaban J connectivity index is 0. The fourth-order valence-electron chi connectivity index (χ4n) is 0. The topological polar surface area (TPSA) is 67.0 Å². The second-order valence-corrected chi connectivity index (χ2v) is 0. The van der Waals surface area contributed by atoms with E-state index in [1.807, 2.05) is 0 Å². The van der Waals surface area contributed by atoms with E-state index in [-0.39, 0.29) is 46.7 Å². The van der Waals surface area contributed by atoms with Crippen LogP contribution in [-0.4, -0.2) is 0 Å². The maximum absolute atomic E-state index is 0. The molecule has 5 heavy (non-hydrogen) atoms. The summed E-state index contributed by atoms with van der Waals surface area (Å²) in [5, 5.41) is 0. The molecule has 1 unspecified atom stereocenters. The molecule has 4 heteroatoms. The number of hydrogen-bond acceptors (Lipinski definition) is 0. The second kappa shape index (κ2) is 96.4. The van der Waals surface area contributed by atoms with Gasteiger partial charge in [0.1, 0.15) is 0 Å². The molecule has 4 N–H and O–H groups in total. The van der Waals surface area contributed by atoms with Crippen molar-refractivity contribution in [3.63, 3.8) is 0 Å². The van der Waals surface area contributed by atoms with Crippen LogP contribution in [0.3, 0.4) is 0 Å². The largest absolute Gasteiger partial charge is 0.693 e. The molecule has 0 saturated heterocycles. The van der Waals surface area contributed by atoms with Crippen LogP contribution in [0.15, 0.2) is 0 Å². The predicted octanol–water partition coefficient (Wildman–Crippen LogP) is 1.94. The first-order valence-corrected chi connectivity index (χ1v) is 0. The van der Waals surface area contributed by atoms with Crippen LogP contribution in [0.2, 0.25) is 0 Å². The Hall–Kier alpha value is 0.869. The van der Waals surface area contributed by atoms with Crippen LogP contribution >= 0.6 is 9.90 Å². The fraction of sp³-hybridized carbons (Fsp3) is 0. The SMILES string of the molecule is P.[CH3-].[Cu].[NH2-].[NH2-]. The molecule has 0 bridgehead atoms. The molecule has 0 saturated carbocycles. The van der Waals surface area contributed by atoms with Crippen LogP contribution in [0.5, 0.6) is 0 Å². The molecule has 2 nitrogen and oxygen atoms in total. The molecule has 0 aliphatic rings. The van der Waals surface area contributed by atoms with E-state index < -0.39 is 0 Å². The fourth-order valence-corrected chi connectivity index (χ4v) is 0. The molecule has 43 valence electrons. The Morgan fingerprint density at radius 1 is 0.800 bits per heavy atom. The van der Waals surface area contributed by atoms with Gasteiger partial charge in [-0.1, -0.05) is 0 Å².